The van der Waals surface area contributed by atoms with E-state index < -0.39 is 0 Å². The second-order valence-corrected chi connectivity index (χ2v) is 5.41. The number of hydrogen-bond acceptors (Lipinski definition) is 4. The maximum atomic E-state index is 12.2. The lowest BCUT2D eigenvalue weighted by atomic mass is 10.2. The van der Waals surface area contributed by atoms with Crippen LogP contribution < -0.4 is 9.64 Å². The lowest BCUT2D eigenvalue weighted by Gasteiger charge is -2.37. The van der Waals surface area contributed by atoms with Gasteiger partial charge in [0.15, 0.2) is 5.76 Å². The SMILES string of the molecule is CCN1C[C@@H](CN(C)C(=O)c2ccco2)Oc2ccccc21. The zero-order valence-electron chi connectivity index (χ0n) is 12.9. The zero-order valence-corrected chi connectivity index (χ0v) is 12.9. The molecule has 1 atom stereocenters. The van der Waals surface area contributed by atoms with Gasteiger partial charge in [0.1, 0.15) is 11.9 Å². The van der Waals surface area contributed by atoms with E-state index in [0.29, 0.717) is 12.3 Å². The molecule has 22 heavy (non-hydrogen) atoms. The van der Waals surface area contributed by atoms with Crippen LogP contribution in [0.1, 0.15) is 17.5 Å². The number of carbonyl (C=O) groups is 1. The average Bonchev–Trinajstić information content (AvgIpc) is 3.07. The molecule has 1 aliphatic rings. The van der Waals surface area contributed by atoms with Crippen molar-refractivity contribution in [2.45, 2.75) is 13.0 Å². The Labute approximate surface area is 130 Å². The van der Waals surface area contributed by atoms with Crippen molar-refractivity contribution in [3.8, 4) is 5.75 Å². The van der Waals surface area contributed by atoms with Crippen molar-refractivity contribution in [2.24, 2.45) is 0 Å². The molecule has 0 bridgehead atoms. The molecule has 1 aromatic heterocycles. The lowest BCUT2D eigenvalue weighted by Crippen LogP contribution is -2.46. The van der Waals surface area contributed by atoms with E-state index in [1.54, 1.807) is 24.1 Å². The molecule has 3 rings (SSSR count). The molecule has 0 spiro atoms. The molecule has 2 aromatic rings. The summed E-state index contributed by atoms with van der Waals surface area (Å²) in [5, 5.41) is 0. The summed E-state index contributed by atoms with van der Waals surface area (Å²) >= 11 is 0. The van der Waals surface area contributed by atoms with E-state index in [4.69, 9.17) is 9.15 Å². The fraction of sp³-hybridized carbons (Fsp3) is 0.353. The Kier molecular flexibility index (Phi) is 4.04. The standard InChI is InChI=1S/C17H20N2O3/c1-3-19-12-13(22-15-8-5-4-7-14(15)19)11-18(2)17(20)16-9-6-10-21-16/h4-10,13H,3,11-12H2,1-2H3/t13-/m1/s1. The molecular formula is C17H20N2O3. The van der Waals surface area contributed by atoms with Gasteiger partial charge in [0.25, 0.3) is 5.91 Å². The summed E-state index contributed by atoms with van der Waals surface area (Å²) in [6.07, 6.45) is 1.45. The molecule has 1 amide bonds. The first-order chi connectivity index (χ1) is 10.7. The fourth-order valence-electron chi connectivity index (χ4n) is 2.75. The van der Waals surface area contributed by atoms with Gasteiger partial charge in [-0.3, -0.25) is 4.79 Å². The molecule has 2 heterocycles. The molecule has 1 aromatic carbocycles. The van der Waals surface area contributed by atoms with E-state index in [0.717, 1.165) is 24.5 Å². The number of amides is 1. The highest BCUT2D eigenvalue weighted by atomic mass is 16.5. The molecule has 116 valence electrons. The third kappa shape index (κ3) is 2.79. The Hall–Kier alpha value is -2.43. The second kappa shape index (κ2) is 6.13. The van der Waals surface area contributed by atoms with Crippen molar-refractivity contribution in [1.29, 1.82) is 0 Å². The summed E-state index contributed by atoms with van der Waals surface area (Å²) in [5.74, 6) is 1.10. The highest BCUT2D eigenvalue weighted by Gasteiger charge is 2.27. The molecule has 0 radical (unpaired) electrons. The first-order valence-corrected chi connectivity index (χ1v) is 7.48. The zero-order chi connectivity index (χ0) is 15.5. The fourth-order valence-corrected chi connectivity index (χ4v) is 2.75. The molecule has 0 aliphatic carbocycles. The predicted molar refractivity (Wildman–Crippen MR) is 84.4 cm³/mol. The van der Waals surface area contributed by atoms with Crippen LogP contribution >= 0.6 is 0 Å². The highest BCUT2D eigenvalue weighted by Crippen LogP contribution is 2.32. The minimum absolute atomic E-state index is 0.0567. The predicted octanol–water partition coefficient (Wildman–Crippen LogP) is 2.64. The maximum absolute atomic E-state index is 12.2. The topological polar surface area (TPSA) is 45.9 Å². The Morgan fingerprint density at radius 2 is 2.14 bits per heavy atom. The van der Waals surface area contributed by atoms with Crippen molar-refractivity contribution in [2.75, 3.05) is 31.6 Å². The van der Waals surface area contributed by atoms with E-state index in [1.807, 2.05) is 18.2 Å². The highest BCUT2D eigenvalue weighted by molar-refractivity contribution is 5.91. The van der Waals surface area contributed by atoms with Crippen LogP contribution in [0.4, 0.5) is 5.69 Å². The molecule has 5 nitrogen and oxygen atoms in total. The quantitative estimate of drug-likeness (QED) is 0.871. The summed E-state index contributed by atoms with van der Waals surface area (Å²) in [5.41, 5.74) is 1.11. The summed E-state index contributed by atoms with van der Waals surface area (Å²) in [6.45, 7) is 4.32. The summed E-state index contributed by atoms with van der Waals surface area (Å²) in [7, 11) is 1.77. The van der Waals surface area contributed by atoms with Gasteiger partial charge < -0.3 is 19.0 Å². The first kappa shape index (κ1) is 14.5. The minimum Gasteiger partial charge on any atom is -0.485 e. The summed E-state index contributed by atoms with van der Waals surface area (Å²) in [4.78, 5) is 16.2. The van der Waals surface area contributed by atoms with E-state index in [-0.39, 0.29) is 12.0 Å². The van der Waals surface area contributed by atoms with Crippen LogP contribution in [0.5, 0.6) is 5.75 Å². The third-order valence-electron chi connectivity index (χ3n) is 3.86. The molecule has 0 saturated carbocycles. The Morgan fingerprint density at radius 3 is 2.86 bits per heavy atom. The van der Waals surface area contributed by atoms with Gasteiger partial charge in [-0.05, 0) is 31.2 Å². The first-order valence-electron chi connectivity index (χ1n) is 7.48. The van der Waals surface area contributed by atoms with Gasteiger partial charge in [-0.15, -0.1) is 0 Å². The Balaban J connectivity index is 1.70. The van der Waals surface area contributed by atoms with Crippen LogP contribution in [-0.2, 0) is 0 Å². The summed E-state index contributed by atoms with van der Waals surface area (Å²) in [6, 6.07) is 11.4. The van der Waals surface area contributed by atoms with Gasteiger partial charge in [-0.1, -0.05) is 12.1 Å². The Morgan fingerprint density at radius 1 is 1.32 bits per heavy atom. The summed E-state index contributed by atoms with van der Waals surface area (Å²) < 4.78 is 11.2. The molecule has 0 fully saturated rings. The number of anilines is 1. The van der Waals surface area contributed by atoms with Crippen LogP contribution in [0.15, 0.2) is 47.1 Å². The smallest absolute Gasteiger partial charge is 0.289 e. The lowest BCUT2D eigenvalue weighted by molar-refractivity contribution is 0.0679. The maximum Gasteiger partial charge on any atom is 0.289 e. The number of fused-ring (bicyclic) bond motifs is 1. The van der Waals surface area contributed by atoms with Crippen LogP contribution in [0.2, 0.25) is 0 Å². The van der Waals surface area contributed by atoms with Crippen LogP contribution in [0.25, 0.3) is 0 Å². The van der Waals surface area contributed by atoms with E-state index >= 15 is 0 Å². The van der Waals surface area contributed by atoms with Crippen LogP contribution in [-0.4, -0.2) is 43.6 Å². The number of hydrogen-bond donors (Lipinski definition) is 0. The second-order valence-electron chi connectivity index (χ2n) is 5.41. The molecule has 1 aliphatic heterocycles. The molecule has 5 heteroatoms. The minimum atomic E-state index is -0.129. The molecular weight excluding hydrogens is 280 g/mol. The van der Waals surface area contributed by atoms with Gasteiger partial charge in [0.2, 0.25) is 0 Å². The number of carbonyl (C=O) groups excluding carboxylic acids is 1. The van der Waals surface area contributed by atoms with E-state index in [2.05, 4.69) is 17.9 Å². The molecule has 0 unspecified atom stereocenters. The number of furan rings is 1. The molecule has 0 saturated heterocycles. The molecule has 0 N–H and O–H groups in total. The number of likely N-dealkylation sites (N-methyl/N-ethyl adjacent to an activating group) is 2. The largest absolute Gasteiger partial charge is 0.485 e. The van der Waals surface area contributed by atoms with E-state index in [1.165, 1.54) is 6.26 Å². The average molecular weight is 300 g/mol. The van der Waals surface area contributed by atoms with Crippen molar-refractivity contribution >= 4 is 11.6 Å². The van der Waals surface area contributed by atoms with Gasteiger partial charge in [0, 0.05) is 13.6 Å². The Bertz CT molecular complexity index is 639. The van der Waals surface area contributed by atoms with Crippen molar-refractivity contribution in [3.63, 3.8) is 0 Å². The number of ether oxygens (including phenoxy) is 1. The van der Waals surface area contributed by atoms with Crippen LogP contribution in [0, 0.1) is 0 Å². The van der Waals surface area contributed by atoms with Gasteiger partial charge >= 0.3 is 0 Å². The third-order valence-corrected chi connectivity index (χ3v) is 3.86. The number of benzene rings is 1. The van der Waals surface area contributed by atoms with Gasteiger partial charge in [-0.25, -0.2) is 0 Å². The monoisotopic (exact) mass is 300 g/mol. The van der Waals surface area contributed by atoms with Gasteiger partial charge in [0.05, 0.1) is 25.0 Å². The number of nitrogens with zero attached hydrogens (tertiary/aromatic N) is 2. The number of para-hydroxylation sites is 2. The number of rotatable bonds is 4. The van der Waals surface area contributed by atoms with Crippen molar-refractivity contribution < 1.29 is 13.9 Å². The van der Waals surface area contributed by atoms with Gasteiger partial charge in [-0.2, -0.15) is 0 Å². The van der Waals surface area contributed by atoms with Crippen molar-refractivity contribution in [1.82, 2.24) is 4.90 Å². The van der Waals surface area contributed by atoms with E-state index in [9.17, 15) is 4.79 Å². The van der Waals surface area contributed by atoms with Crippen molar-refractivity contribution in [3.05, 3.63) is 48.4 Å². The van der Waals surface area contributed by atoms with Crippen LogP contribution in [0.3, 0.4) is 0 Å². The normalized spacial score (nSPS) is 16.8.